The number of hydrogen-bond donors (Lipinski definition) is 2. The fraction of sp³-hybridized carbons (Fsp3) is 0.444. The number of rotatable bonds is 5. The Balaban J connectivity index is 2.52. The molecule has 82 valence electrons. The summed E-state index contributed by atoms with van der Waals surface area (Å²) < 4.78 is 5.23. The molecule has 1 aromatic heterocycles. The summed E-state index contributed by atoms with van der Waals surface area (Å²) in [5.74, 6) is 0.132. The lowest BCUT2D eigenvalue weighted by Gasteiger charge is -2.03. The third kappa shape index (κ3) is 3.51. The molecule has 15 heavy (non-hydrogen) atoms. The molecule has 0 radical (unpaired) electrons. The summed E-state index contributed by atoms with van der Waals surface area (Å²) in [5.41, 5.74) is 5.57. The van der Waals surface area contributed by atoms with Crippen LogP contribution in [0.15, 0.2) is 12.1 Å². The summed E-state index contributed by atoms with van der Waals surface area (Å²) in [6.07, 6.45) is 0.763. The van der Waals surface area contributed by atoms with Crippen molar-refractivity contribution in [1.82, 2.24) is 15.5 Å². The first-order valence-corrected chi connectivity index (χ1v) is 4.66. The second-order valence-electron chi connectivity index (χ2n) is 2.83. The molecule has 0 saturated heterocycles. The number of ether oxygens (including phenoxy) is 1. The second kappa shape index (κ2) is 5.92. The molecular formula is C9H14N4O2. The van der Waals surface area contributed by atoms with Crippen LogP contribution in [0.5, 0.6) is 5.88 Å². The van der Waals surface area contributed by atoms with Gasteiger partial charge in [0.1, 0.15) is 0 Å². The molecule has 0 saturated carbocycles. The number of nitrogens with zero attached hydrogens (tertiary/aromatic N) is 2. The molecule has 1 aromatic rings. The largest absolute Gasteiger partial charge is 0.477 e. The van der Waals surface area contributed by atoms with Gasteiger partial charge in [-0.3, -0.25) is 4.79 Å². The molecular weight excluding hydrogens is 196 g/mol. The van der Waals surface area contributed by atoms with Gasteiger partial charge in [0.05, 0.1) is 6.61 Å². The molecule has 0 aliphatic heterocycles. The van der Waals surface area contributed by atoms with Gasteiger partial charge in [0.2, 0.25) is 5.88 Å². The lowest BCUT2D eigenvalue weighted by atomic mass is 10.4. The van der Waals surface area contributed by atoms with Crippen LogP contribution < -0.4 is 15.8 Å². The Morgan fingerprint density at radius 2 is 2.33 bits per heavy atom. The van der Waals surface area contributed by atoms with E-state index in [0.717, 1.165) is 6.42 Å². The first kappa shape index (κ1) is 11.4. The standard InChI is InChI=1S/C9H14N4O2/c1-11-9(14)7-3-4-8(13-12-7)15-6-2-5-10/h3-4H,2,5-6,10H2,1H3,(H,11,14). The number of aromatic nitrogens is 2. The molecule has 1 amide bonds. The summed E-state index contributed by atoms with van der Waals surface area (Å²) in [4.78, 5) is 11.1. The molecule has 6 heteroatoms. The first-order chi connectivity index (χ1) is 7.27. The average Bonchev–Trinajstić information content (AvgIpc) is 2.29. The lowest BCUT2D eigenvalue weighted by molar-refractivity contribution is 0.0957. The Labute approximate surface area is 87.8 Å². The van der Waals surface area contributed by atoms with Gasteiger partial charge in [-0.15, -0.1) is 10.2 Å². The summed E-state index contributed by atoms with van der Waals surface area (Å²) in [7, 11) is 1.54. The van der Waals surface area contributed by atoms with Gasteiger partial charge in [-0.05, 0) is 19.0 Å². The van der Waals surface area contributed by atoms with Gasteiger partial charge in [0.15, 0.2) is 5.69 Å². The number of carbonyl (C=O) groups excluding carboxylic acids is 1. The van der Waals surface area contributed by atoms with E-state index in [1.54, 1.807) is 12.1 Å². The molecule has 0 atom stereocenters. The molecule has 0 aromatic carbocycles. The van der Waals surface area contributed by atoms with Gasteiger partial charge < -0.3 is 15.8 Å². The number of amides is 1. The van der Waals surface area contributed by atoms with E-state index in [1.165, 1.54) is 7.05 Å². The molecule has 0 bridgehead atoms. The van der Waals surface area contributed by atoms with Crippen LogP contribution in [-0.4, -0.2) is 36.3 Å². The zero-order chi connectivity index (χ0) is 11.1. The molecule has 0 aliphatic rings. The van der Waals surface area contributed by atoms with Crippen molar-refractivity contribution < 1.29 is 9.53 Å². The van der Waals surface area contributed by atoms with Crippen molar-refractivity contribution >= 4 is 5.91 Å². The van der Waals surface area contributed by atoms with Gasteiger partial charge in [-0.1, -0.05) is 0 Å². The maximum absolute atomic E-state index is 11.1. The Bertz CT molecular complexity index is 312. The Morgan fingerprint density at radius 3 is 2.87 bits per heavy atom. The molecule has 3 N–H and O–H groups in total. The molecule has 1 rings (SSSR count). The highest BCUT2D eigenvalue weighted by Crippen LogP contribution is 2.04. The minimum absolute atomic E-state index is 0.267. The van der Waals surface area contributed by atoms with Crippen LogP contribution in [-0.2, 0) is 0 Å². The highest BCUT2D eigenvalue weighted by molar-refractivity contribution is 5.91. The molecule has 0 aliphatic carbocycles. The summed E-state index contributed by atoms with van der Waals surface area (Å²) >= 11 is 0. The zero-order valence-corrected chi connectivity index (χ0v) is 8.56. The van der Waals surface area contributed by atoms with E-state index in [1.807, 2.05) is 0 Å². The minimum atomic E-state index is -0.268. The Hall–Kier alpha value is -1.69. The van der Waals surface area contributed by atoms with E-state index in [4.69, 9.17) is 10.5 Å². The second-order valence-corrected chi connectivity index (χ2v) is 2.83. The fourth-order valence-corrected chi connectivity index (χ4v) is 0.906. The van der Waals surface area contributed by atoms with E-state index in [-0.39, 0.29) is 11.6 Å². The van der Waals surface area contributed by atoms with Crippen molar-refractivity contribution in [1.29, 1.82) is 0 Å². The maximum atomic E-state index is 11.1. The van der Waals surface area contributed by atoms with Gasteiger partial charge in [0.25, 0.3) is 5.91 Å². The van der Waals surface area contributed by atoms with Crippen molar-refractivity contribution in [3.8, 4) is 5.88 Å². The zero-order valence-electron chi connectivity index (χ0n) is 8.56. The van der Waals surface area contributed by atoms with Gasteiger partial charge in [-0.25, -0.2) is 0 Å². The number of nitrogens with two attached hydrogens (primary N) is 1. The van der Waals surface area contributed by atoms with Crippen molar-refractivity contribution in [3.63, 3.8) is 0 Å². The topological polar surface area (TPSA) is 90.1 Å². The van der Waals surface area contributed by atoms with Crippen LogP contribution in [0.3, 0.4) is 0 Å². The van der Waals surface area contributed by atoms with Crippen molar-refractivity contribution in [2.75, 3.05) is 20.2 Å². The number of carbonyl (C=O) groups is 1. The Kier molecular flexibility index (Phi) is 4.49. The van der Waals surface area contributed by atoms with Gasteiger partial charge in [-0.2, -0.15) is 0 Å². The van der Waals surface area contributed by atoms with E-state index in [0.29, 0.717) is 19.0 Å². The summed E-state index contributed by atoms with van der Waals surface area (Å²) in [6, 6.07) is 3.16. The van der Waals surface area contributed by atoms with Crippen LogP contribution in [0.25, 0.3) is 0 Å². The van der Waals surface area contributed by atoms with Crippen molar-refractivity contribution in [3.05, 3.63) is 17.8 Å². The SMILES string of the molecule is CNC(=O)c1ccc(OCCCN)nn1. The van der Waals surface area contributed by atoms with Crippen LogP contribution in [0.2, 0.25) is 0 Å². The van der Waals surface area contributed by atoms with Crippen LogP contribution >= 0.6 is 0 Å². The number of hydrogen-bond acceptors (Lipinski definition) is 5. The van der Waals surface area contributed by atoms with E-state index < -0.39 is 0 Å². The molecule has 0 fully saturated rings. The van der Waals surface area contributed by atoms with Gasteiger partial charge in [0, 0.05) is 13.1 Å². The third-order valence-corrected chi connectivity index (χ3v) is 1.70. The lowest BCUT2D eigenvalue weighted by Crippen LogP contribution is -2.19. The highest BCUT2D eigenvalue weighted by Gasteiger charge is 2.05. The normalized spacial score (nSPS) is 9.73. The monoisotopic (exact) mass is 210 g/mol. The van der Waals surface area contributed by atoms with Crippen LogP contribution in [0, 0.1) is 0 Å². The summed E-state index contributed by atoms with van der Waals surface area (Å²) in [5, 5.41) is 9.91. The molecule has 0 spiro atoms. The van der Waals surface area contributed by atoms with Crippen LogP contribution in [0.4, 0.5) is 0 Å². The predicted molar refractivity (Wildman–Crippen MR) is 54.6 cm³/mol. The average molecular weight is 210 g/mol. The smallest absolute Gasteiger partial charge is 0.271 e. The van der Waals surface area contributed by atoms with Crippen molar-refractivity contribution in [2.24, 2.45) is 5.73 Å². The highest BCUT2D eigenvalue weighted by atomic mass is 16.5. The minimum Gasteiger partial charge on any atom is -0.477 e. The van der Waals surface area contributed by atoms with Gasteiger partial charge >= 0.3 is 0 Å². The molecule has 0 unspecified atom stereocenters. The fourth-order valence-electron chi connectivity index (χ4n) is 0.906. The van der Waals surface area contributed by atoms with Crippen LogP contribution in [0.1, 0.15) is 16.9 Å². The molecule has 6 nitrogen and oxygen atoms in total. The summed E-state index contributed by atoms with van der Waals surface area (Å²) in [6.45, 7) is 1.08. The third-order valence-electron chi connectivity index (χ3n) is 1.70. The predicted octanol–water partition coefficient (Wildman–Crippen LogP) is -0.436. The Morgan fingerprint density at radius 1 is 1.53 bits per heavy atom. The number of nitrogens with one attached hydrogen (secondary N) is 1. The van der Waals surface area contributed by atoms with E-state index >= 15 is 0 Å². The van der Waals surface area contributed by atoms with E-state index in [9.17, 15) is 4.79 Å². The molecule has 1 heterocycles. The maximum Gasteiger partial charge on any atom is 0.271 e. The quantitative estimate of drug-likeness (QED) is 0.643. The first-order valence-electron chi connectivity index (χ1n) is 4.66. The van der Waals surface area contributed by atoms with E-state index in [2.05, 4.69) is 15.5 Å². The van der Waals surface area contributed by atoms with Crippen molar-refractivity contribution in [2.45, 2.75) is 6.42 Å².